The summed E-state index contributed by atoms with van der Waals surface area (Å²) in [5.41, 5.74) is 6.48. The first kappa shape index (κ1) is 15.7. The third kappa shape index (κ3) is 3.33. The molecule has 1 aliphatic heterocycles. The van der Waals surface area contributed by atoms with Gasteiger partial charge in [0.2, 0.25) is 0 Å². The van der Waals surface area contributed by atoms with Crippen LogP contribution in [-0.4, -0.2) is 29.8 Å². The molecule has 0 unspecified atom stereocenters. The summed E-state index contributed by atoms with van der Waals surface area (Å²) in [5, 5.41) is 0. The molecule has 1 aliphatic rings. The van der Waals surface area contributed by atoms with Crippen LogP contribution in [0.1, 0.15) is 46.4 Å². The Morgan fingerprint density at radius 2 is 1.42 bits per heavy atom. The fourth-order valence-electron chi connectivity index (χ4n) is 2.21. The van der Waals surface area contributed by atoms with Crippen molar-refractivity contribution in [2.45, 2.75) is 25.7 Å². The predicted octanol–water partition coefficient (Wildman–Crippen LogP) is 2.22. The van der Waals surface area contributed by atoms with Crippen LogP contribution in [0.5, 0.6) is 0 Å². The van der Waals surface area contributed by atoms with Crippen LogP contribution in [0.3, 0.4) is 0 Å². The van der Waals surface area contributed by atoms with Crippen molar-refractivity contribution >= 4 is 24.2 Å². The number of benzene rings is 1. The zero-order chi connectivity index (χ0) is 13.0. The van der Waals surface area contributed by atoms with E-state index in [0.717, 1.165) is 25.7 Å². The van der Waals surface area contributed by atoms with Gasteiger partial charge in [0, 0.05) is 6.54 Å². The Kier molecular flexibility index (Phi) is 5.99. The van der Waals surface area contributed by atoms with Gasteiger partial charge in [0.05, 0.1) is 11.1 Å². The second-order valence-electron chi connectivity index (χ2n) is 4.51. The molecule has 1 aromatic rings. The van der Waals surface area contributed by atoms with Crippen LogP contribution in [0.2, 0.25) is 0 Å². The number of nitrogens with two attached hydrogens (primary N) is 1. The summed E-state index contributed by atoms with van der Waals surface area (Å²) in [5.74, 6) is -0.316. The van der Waals surface area contributed by atoms with Crippen molar-refractivity contribution in [2.75, 3.05) is 13.1 Å². The van der Waals surface area contributed by atoms with Crippen molar-refractivity contribution in [1.82, 2.24) is 4.90 Å². The van der Waals surface area contributed by atoms with Gasteiger partial charge in [-0.05, 0) is 31.5 Å². The molecule has 0 bridgehead atoms. The fraction of sp³-hybridized carbons (Fsp3) is 0.429. The van der Waals surface area contributed by atoms with Gasteiger partial charge in [-0.3, -0.25) is 14.5 Å². The lowest BCUT2D eigenvalue weighted by molar-refractivity contribution is 0.0651. The average molecular weight is 283 g/mol. The molecule has 4 nitrogen and oxygen atoms in total. The van der Waals surface area contributed by atoms with Crippen molar-refractivity contribution in [2.24, 2.45) is 5.73 Å². The van der Waals surface area contributed by atoms with Crippen LogP contribution in [-0.2, 0) is 0 Å². The number of imide groups is 1. The molecule has 19 heavy (non-hydrogen) atoms. The molecular weight excluding hydrogens is 264 g/mol. The largest absolute Gasteiger partial charge is 0.330 e. The van der Waals surface area contributed by atoms with Crippen molar-refractivity contribution in [3.63, 3.8) is 0 Å². The summed E-state index contributed by atoms with van der Waals surface area (Å²) in [6.07, 6.45) is 3.91. The first-order chi connectivity index (χ1) is 8.75. The number of nitrogens with zero attached hydrogens (tertiary/aromatic N) is 1. The maximum Gasteiger partial charge on any atom is 0.261 e. The highest BCUT2D eigenvalue weighted by Crippen LogP contribution is 2.22. The summed E-state index contributed by atoms with van der Waals surface area (Å²) in [6.45, 7) is 1.21. The van der Waals surface area contributed by atoms with E-state index in [0.29, 0.717) is 24.2 Å². The topological polar surface area (TPSA) is 63.4 Å². The minimum Gasteiger partial charge on any atom is -0.330 e. The summed E-state index contributed by atoms with van der Waals surface area (Å²) in [4.78, 5) is 25.4. The van der Waals surface area contributed by atoms with E-state index in [-0.39, 0.29) is 24.2 Å². The Balaban J connectivity index is 0.00000180. The van der Waals surface area contributed by atoms with Crippen molar-refractivity contribution in [3.05, 3.63) is 35.4 Å². The SMILES string of the molecule is Cl.NCCCCCCN1C(=O)c2ccccc2C1=O. The lowest BCUT2D eigenvalue weighted by Gasteiger charge is -2.13. The maximum absolute atomic E-state index is 12.0. The Labute approximate surface area is 119 Å². The summed E-state index contributed by atoms with van der Waals surface area (Å²) >= 11 is 0. The quantitative estimate of drug-likeness (QED) is 0.643. The molecule has 0 aromatic heterocycles. The second-order valence-corrected chi connectivity index (χ2v) is 4.51. The van der Waals surface area contributed by atoms with Gasteiger partial charge >= 0.3 is 0 Å². The Hall–Kier alpha value is -1.39. The van der Waals surface area contributed by atoms with E-state index in [1.54, 1.807) is 24.3 Å². The van der Waals surface area contributed by atoms with E-state index in [4.69, 9.17) is 5.73 Å². The second kappa shape index (κ2) is 7.26. The molecule has 2 N–H and O–H groups in total. The first-order valence-corrected chi connectivity index (χ1v) is 6.41. The third-order valence-corrected chi connectivity index (χ3v) is 3.21. The summed E-state index contributed by atoms with van der Waals surface area (Å²) < 4.78 is 0. The molecule has 0 saturated carbocycles. The molecule has 0 radical (unpaired) electrons. The van der Waals surface area contributed by atoms with Crippen LogP contribution in [0.4, 0.5) is 0 Å². The number of carbonyl (C=O) groups excluding carboxylic acids is 2. The molecule has 2 amide bonds. The van der Waals surface area contributed by atoms with Crippen molar-refractivity contribution < 1.29 is 9.59 Å². The van der Waals surface area contributed by atoms with Gasteiger partial charge in [0.1, 0.15) is 0 Å². The number of hydrogen-bond acceptors (Lipinski definition) is 3. The standard InChI is InChI=1S/C14H18N2O2.ClH/c15-9-5-1-2-6-10-16-13(17)11-7-3-4-8-12(11)14(16)18;/h3-4,7-8H,1-2,5-6,9-10,15H2;1H. The van der Waals surface area contributed by atoms with Crippen molar-refractivity contribution in [1.29, 1.82) is 0 Å². The zero-order valence-electron chi connectivity index (χ0n) is 10.8. The molecular formula is C14H19ClN2O2. The molecule has 0 spiro atoms. The lowest BCUT2D eigenvalue weighted by Crippen LogP contribution is -2.30. The van der Waals surface area contributed by atoms with Crippen LogP contribution in [0.15, 0.2) is 24.3 Å². The van der Waals surface area contributed by atoms with Crippen LogP contribution in [0.25, 0.3) is 0 Å². The third-order valence-electron chi connectivity index (χ3n) is 3.21. The van der Waals surface area contributed by atoms with Gasteiger partial charge in [-0.25, -0.2) is 0 Å². The van der Waals surface area contributed by atoms with Gasteiger partial charge in [-0.15, -0.1) is 12.4 Å². The van der Waals surface area contributed by atoms with Gasteiger partial charge in [0.15, 0.2) is 0 Å². The average Bonchev–Trinajstić information content (AvgIpc) is 2.64. The number of hydrogen-bond donors (Lipinski definition) is 1. The molecule has 0 aliphatic carbocycles. The van der Waals surface area contributed by atoms with E-state index < -0.39 is 0 Å². The van der Waals surface area contributed by atoms with E-state index in [9.17, 15) is 9.59 Å². The number of unbranched alkanes of at least 4 members (excludes halogenated alkanes) is 3. The van der Waals surface area contributed by atoms with E-state index in [2.05, 4.69) is 0 Å². The normalized spacial score (nSPS) is 13.4. The predicted molar refractivity (Wildman–Crippen MR) is 76.6 cm³/mol. The summed E-state index contributed by atoms with van der Waals surface area (Å²) in [7, 11) is 0. The number of rotatable bonds is 6. The van der Waals surface area contributed by atoms with Crippen LogP contribution >= 0.6 is 12.4 Å². The highest BCUT2D eigenvalue weighted by atomic mass is 35.5. The van der Waals surface area contributed by atoms with Gasteiger partial charge in [0.25, 0.3) is 11.8 Å². The number of carbonyl (C=O) groups is 2. The molecule has 0 fully saturated rings. The smallest absolute Gasteiger partial charge is 0.261 e. The molecule has 104 valence electrons. The summed E-state index contributed by atoms with van der Waals surface area (Å²) in [6, 6.07) is 7.00. The molecule has 1 aromatic carbocycles. The van der Waals surface area contributed by atoms with E-state index in [1.165, 1.54) is 4.90 Å². The van der Waals surface area contributed by atoms with Crippen LogP contribution in [0, 0.1) is 0 Å². The molecule has 0 saturated heterocycles. The number of halogens is 1. The maximum atomic E-state index is 12.0. The fourth-order valence-corrected chi connectivity index (χ4v) is 2.21. The lowest BCUT2D eigenvalue weighted by atomic mass is 10.1. The zero-order valence-corrected chi connectivity index (χ0v) is 11.6. The minimum absolute atomic E-state index is 0. The van der Waals surface area contributed by atoms with Gasteiger partial charge in [-0.2, -0.15) is 0 Å². The molecule has 1 heterocycles. The van der Waals surface area contributed by atoms with E-state index in [1.807, 2.05) is 0 Å². The number of fused-ring (bicyclic) bond motifs is 1. The molecule has 5 heteroatoms. The Bertz CT molecular complexity index is 428. The Morgan fingerprint density at radius 3 is 1.95 bits per heavy atom. The number of amides is 2. The van der Waals surface area contributed by atoms with Gasteiger partial charge in [-0.1, -0.05) is 25.0 Å². The molecule has 2 rings (SSSR count). The molecule has 0 atom stereocenters. The monoisotopic (exact) mass is 282 g/mol. The highest BCUT2D eigenvalue weighted by Gasteiger charge is 2.34. The minimum atomic E-state index is -0.158. The Morgan fingerprint density at radius 1 is 0.895 bits per heavy atom. The first-order valence-electron chi connectivity index (χ1n) is 6.41. The van der Waals surface area contributed by atoms with Crippen LogP contribution < -0.4 is 5.73 Å². The van der Waals surface area contributed by atoms with Gasteiger partial charge < -0.3 is 5.73 Å². The highest BCUT2D eigenvalue weighted by molar-refractivity contribution is 6.21. The van der Waals surface area contributed by atoms with Crippen molar-refractivity contribution in [3.8, 4) is 0 Å². The van der Waals surface area contributed by atoms with E-state index >= 15 is 0 Å².